The van der Waals surface area contributed by atoms with Crippen LogP contribution in [-0.4, -0.2) is 32.5 Å². The lowest BCUT2D eigenvalue weighted by Gasteiger charge is -2.38. The van der Waals surface area contributed by atoms with Crippen molar-refractivity contribution in [2.24, 2.45) is 12.5 Å². The molecule has 0 bridgehead atoms. The van der Waals surface area contributed by atoms with Crippen LogP contribution in [0, 0.1) is 5.41 Å². The Kier molecular flexibility index (Phi) is 3.44. The van der Waals surface area contributed by atoms with Crippen LogP contribution in [0.2, 0.25) is 5.02 Å². The molecule has 0 unspecified atom stereocenters. The zero-order valence-electron chi connectivity index (χ0n) is 13.9. The Hall–Kier alpha value is -1.92. The molecule has 0 aliphatic carbocycles. The molecule has 0 N–H and O–H groups in total. The molecule has 1 atom stereocenters. The Morgan fingerprint density at radius 3 is 2.88 bits per heavy atom. The van der Waals surface area contributed by atoms with E-state index in [0.29, 0.717) is 23.9 Å². The van der Waals surface area contributed by atoms with Crippen molar-refractivity contribution < 1.29 is 4.74 Å². The summed E-state index contributed by atoms with van der Waals surface area (Å²) < 4.78 is 9.06. The van der Waals surface area contributed by atoms with Crippen molar-refractivity contribution in [3.05, 3.63) is 33.7 Å². The first kappa shape index (κ1) is 15.6. The zero-order chi connectivity index (χ0) is 17.1. The summed E-state index contributed by atoms with van der Waals surface area (Å²) in [7, 11) is 1.73. The van der Waals surface area contributed by atoms with Gasteiger partial charge in [0.2, 0.25) is 0 Å². The molecule has 1 aliphatic heterocycles. The molecule has 1 aromatic carbocycles. The fraction of sp³-hybridized carbons (Fsp3) is 0.471. The average Bonchev–Trinajstić information content (AvgIpc) is 2.79. The van der Waals surface area contributed by atoms with Gasteiger partial charge in [0.15, 0.2) is 5.65 Å². The summed E-state index contributed by atoms with van der Waals surface area (Å²) in [6, 6.07) is 5.51. The highest BCUT2D eigenvalue weighted by atomic mass is 35.5. The topological polar surface area (TPSA) is 61.9 Å². The SMILES string of the molecule is Cn1c(=O)n([C@H]2CCOCC2(C)C)c2c3cc(Cl)ccc3nnc21. The maximum absolute atomic E-state index is 13.0. The van der Waals surface area contributed by atoms with Gasteiger partial charge in [-0.05, 0) is 24.6 Å². The van der Waals surface area contributed by atoms with Crippen LogP contribution in [0.25, 0.3) is 22.1 Å². The Morgan fingerprint density at radius 2 is 2.12 bits per heavy atom. The zero-order valence-corrected chi connectivity index (χ0v) is 14.7. The fourth-order valence-electron chi connectivity index (χ4n) is 3.65. The van der Waals surface area contributed by atoms with E-state index in [1.54, 1.807) is 17.7 Å². The number of fused-ring (bicyclic) bond motifs is 3. The molecule has 0 saturated carbocycles. The molecule has 1 aliphatic rings. The lowest BCUT2D eigenvalue weighted by Crippen LogP contribution is -2.41. The monoisotopic (exact) mass is 346 g/mol. The minimum absolute atomic E-state index is 0.0360. The van der Waals surface area contributed by atoms with Crippen LogP contribution in [-0.2, 0) is 11.8 Å². The van der Waals surface area contributed by atoms with Crippen molar-refractivity contribution in [2.45, 2.75) is 26.3 Å². The largest absolute Gasteiger partial charge is 0.381 e. The van der Waals surface area contributed by atoms with Crippen LogP contribution in [0.5, 0.6) is 0 Å². The van der Waals surface area contributed by atoms with E-state index < -0.39 is 0 Å². The van der Waals surface area contributed by atoms with E-state index in [0.717, 1.165) is 22.8 Å². The minimum Gasteiger partial charge on any atom is -0.381 e. The first-order valence-electron chi connectivity index (χ1n) is 8.01. The van der Waals surface area contributed by atoms with E-state index in [-0.39, 0.29) is 17.1 Å². The summed E-state index contributed by atoms with van der Waals surface area (Å²) in [5.41, 5.74) is 1.89. The maximum atomic E-state index is 13.0. The number of aryl methyl sites for hydroxylation is 1. The van der Waals surface area contributed by atoms with Crippen LogP contribution in [0.1, 0.15) is 26.3 Å². The van der Waals surface area contributed by atoms with Crippen LogP contribution < -0.4 is 5.69 Å². The highest BCUT2D eigenvalue weighted by Crippen LogP contribution is 2.39. The highest BCUT2D eigenvalue weighted by molar-refractivity contribution is 6.31. The number of nitrogens with zero attached hydrogens (tertiary/aromatic N) is 4. The molecule has 3 heterocycles. The van der Waals surface area contributed by atoms with Crippen molar-refractivity contribution in [1.29, 1.82) is 0 Å². The summed E-state index contributed by atoms with van der Waals surface area (Å²) >= 11 is 6.20. The highest BCUT2D eigenvalue weighted by Gasteiger charge is 2.37. The van der Waals surface area contributed by atoms with Gasteiger partial charge >= 0.3 is 5.69 Å². The van der Waals surface area contributed by atoms with Crippen LogP contribution in [0.15, 0.2) is 23.0 Å². The predicted octanol–water partition coefficient (Wildman–Crippen LogP) is 2.92. The second-order valence-electron chi connectivity index (χ2n) is 7.09. The van der Waals surface area contributed by atoms with Crippen molar-refractivity contribution >= 4 is 33.7 Å². The fourth-order valence-corrected chi connectivity index (χ4v) is 3.82. The molecule has 7 heteroatoms. The molecular weight excluding hydrogens is 328 g/mol. The Morgan fingerprint density at radius 1 is 1.33 bits per heavy atom. The van der Waals surface area contributed by atoms with Gasteiger partial charge < -0.3 is 4.74 Å². The number of aromatic nitrogens is 4. The van der Waals surface area contributed by atoms with Crippen molar-refractivity contribution in [2.75, 3.05) is 13.2 Å². The quantitative estimate of drug-likeness (QED) is 0.679. The Labute approximate surface area is 144 Å². The molecule has 2 aromatic heterocycles. The van der Waals surface area contributed by atoms with E-state index in [9.17, 15) is 4.79 Å². The van der Waals surface area contributed by atoms with Gasteiger partial charge in [-0.2, -0.15) is 0 Å². The van der Waals surface area contributed by atoms with E-state index in [4.69, 9.17) is 16.3 Å². The first-order chi connectivity index (χ1) is 11.4. The second kappa shape index (κ2) is 5.29. The molecular formula is C17H19ClN4O2. The Balaban J connectivity index is 2.13. The van der Waals surface area contributed by atoms with E-state index in [1.165, 1.54) is 0 Å². The molecule has 1 saturated heterocycles. The third-order valence-corrected chi connectivity index (χ3v) is 5.19. The van der Waals surface area contributed by atoms with Gasteiger partial charge in [0.1, 0.15) is 5.52 Å². The van der Waals surface area contributed by atoms with Gasteiger partial charge in [-0.3, -0.25) is 9.13 Å². The lowest BCUT2D eigenvalue weighted by molar-refractivity contribution is -0.0253. The molecule has 0 amide bonds. The molecule has 0 spiro atoms. The van der Waals surface area contributed by atoms with Gasteiger partial charge in [-0.15, -0.1) is 10.2 Å². The number of benzene rings is 1. The van der Waals surface area contributed by atoms with Crippen molar-refractivity contribution in [1.82, 2.24) is 19.3 Å². The standard InChI is InChI=1S/C17H19ClN4O2/c1-17(2)9-24-7-6-13(17)22-14-11-8-10(18)4-5-12(11)19-20-15(14)21(3)16(22)23/h4-5,8,13H,6-7,9H2,1-3H3/t13-/m0/s1. The number of hydrogen-bond acceptors (Lipinski definition) is 4. The van der Waals surface area contributed by atoms with Crippen molar-refractivity contribution in [3.63, 3.8) is 0 Å². The maximum Gasteiger partial charge on any atom is 0.330 e. The third kappa shape index (κ3) is 2.17. The van der Waals surface area contributed by atoms with Crippen molar-refractivity contribution in [3.8, 4) is 0 Å². The summed E-state index contributed by atoms with van der Waals surface area (Å²) in [5, 5.41) is 9.99. The molecule has 4 rings (SSSR count). The Bertz CT molecular complexity index is 1010. The molecule has 6 nitrogen and oxygen atoms in total. The summed E-state index contributed by atoms with van der Waals surface area (Å²) in [6.45, 7) is 5.53. The van der Waals surface area contributed by atoms with Gasteiger partial charge in [0.25, 0.3) is 0 Å². The summed E-state index contributed by atoms with van der Waals surface area (Å²) in [4.78, 5) is 13.0. The van der Waals surface area contributed by atoms with E-state index in [1.807, 2.05) is 16.7 Å². The van der Waals surface area contributed by atoms with E-state index in [2.05, 4.69) is 24.0 Å². The molecule has 24 heavy (non-hydrogen) atoms. The smallest absolute Gasteiger partial charge is 0.330 e. The van der Waals surface area contributed by atoms with Crippen LogP contribution >= 0.6 is 11.6 Å². The van der Waals surface area contributed by atoms with Crippen LogP contribution in [0.4, 0.5) is 0 Å². The number of imidazole rings is 1. The normalized spacial score (nSPS) is 20.8. The van der Waals surface area contributed by atoms with E-state index >= 15 is 0 Å². The number of ether oxygens (including phenoxy) is 1. The first-order valence-corrected chi connectivity index (χ1v) is 8.38. The molecule has 3 aromatic rings. The van der Waals surface area contributed by atoms with Gasteiger partial charge in [0, 0.05) is 35.5 Å². The number of hydrogen-bond donors (Lipinski definition) is 0. The summed E-state index contributed by atoms with van der Waals surface area (Å²) in [5.74, 6) is 0. The van der Waals surface area contributed by atoms with Crippen LogP contribution in [0.3, 0.4) is 0 Å². The summed E-state index contributed by atoms with van der Waals surface area (Å²) in [6.07, 6.45) is 0.788. The number of rotatable bonds is 1. The molecule has 0 radical (unpaired) electrons. The molecule has 126 valence electrons. The third-order valence-electron chi connectivity index (χ3n) is 4.95. The van der Waals surface area contributed by atoms with Gasteiger partial charge in [-0.1, -0.05) is 25.4 Å². The van der Waals surface area contributed by atoms with Gasteiger partial charge in [-0.25, -0.2) is 4.79 Å². The van der Waals surface area contributed by atoms with Gasteiger partial charge in [0.05, 0.1) is 12.1 Å². The lowest BCUT2D eigenvalue weighted by atomic mass is 9.81. The second-order valence-corrected chi connectivity index (χ2v) is 7.53. The number of halogens is 1. The predicted molar refractivity (Wildman–Crippen MR) is 93.5 cm³/mol. The minimum atomic E-state index is -0.148. The molecule has 1 fully saturated rings. The average molecular weight is 347 g/mol.